The van der Waals surface area contributed by atoms with Crippen molar-refractivity contribution in [3.8, 4) is 11.3 Å². The molecule has 0 aliphatic rings. The van der Waals surface area contributed by atoms with Crippen molar-refractivity contribution in [3.05, 3.63) is 75.4 Å². The maximum atomic E-state index is 12.3. The molecule has 0 unspecified atom stereocenters. The van der Waals surface area contributed by atoms with E-state index in [1.54, 1.807) is 42.5 Å². The van der Waals surface area contributed by atoms with E-state index < -0.39 is 0 Å². The Kier molecular flexibility index (Phi) is 5.04. The third kappa shape index (κ3) is 3.70. The molecule has 0 fully saturated rings. The van der Waals surface area contributed by atoms with Crippen molar-refractivity contribution in [1.82, 2.24) is 0 Å². The van der Waals surface area contributed by atoms with E-state index in [9.17, 15) is 4.79 Å². The van der Waals surface area contributed by atoms with Gasteiger partial charge in [-0.25, -0.2) is 0 Å². The molecule has 3 rings (SSSR count). The van der Waals surface area contributed by atoms with Crippen LogP contribution in [-0.2, 0) is 6.61 Å². The molecule has 1 amide bonds. The lowest BCUT2D eigenvalue weighted by Gasteiger charge is -2.08. The van der Waals surface area contributed by atoms with Gasteiger partial charge in [0.1, 0.15) is 18.1 Å². The number of aliphatic hydroxyl groups excluding tert-OH is 1. The van der Waals surface area contributed by atoms with Gasteiger partial charge in [-0.3, -0.25) is 4.79 Å². The Morgan fingerprint density at radius 3 is 2.54 bits per heavy atom. The molecular formula is C18H13BrClNO3. The highest BCUT2D eigenvalue weighted by Crippen LogP contribution is 2.32. The van der Waals surface area contributed by atoms with E-state index in [0.29, 0.717) is 33.4 Å². The van der Waals surface area contributed by atoms with Crippen LogP contribution in [0.4, 0.5) is 5.69 Å². The summed E-state index contributed by atoms with van der Waals surface area (Å²) < 4.78 is 6.41. The Labute approximate surface area is 152 Å². The molecule has 6 heteroatoms. The molecule has 24 heavy (non-hydrogen) atoms. The lowest BCUT2D eigenvalue weighted by atomic mass is 10.1. The molecule has 2 aromatic carbocycles. The van der Waals surface area contributed by atoms with E-state index >= 15 is 0 Å². The van der Waals surface area contributed by atoms with Crippen molar-refractivity contribution >= 4 is 39.1 Å². The number of carbonyl (C=O) groups excluding carboxylic acids is 1. The minimum atomic E-state index is -0.216. The molecule has 0 aliphatic carbocycles. The maximum absolute atomic E-state index is 12.3. The highest BCUT2D eigenvalue weighted by Gasteiger charge is 2.12. The fourth-order valence-electron chi connectivity index (χ4n) is 2.20. The number of benzene rings is 2. The fraction of sp³-hybridized carbons (Fsp3) is 0.0556. The highest BCUT2D eigenvalue weighted by atomic mass is 79.9. The third-order valence-electron chi connectivity index (χ3n) is 3.41. The van der Waals surface area contributed by atoms with Crippen molar-refractivity contribution < 1.29 is 14.3 Å². The molecule has 0 saturated heterocycles. The molecular weight excluding hydrogens is 394 g/mol. The van der Waals surface area contributed by atoms with Gasteiger partial charge >= 0.3 is 0 Å². The molecule has 4 nitrogen and oxygen atoms in total. The number of rotatable bonds is 4. The molecule has 122 valence electrons. The second-order valence-electron chi connectivity index (χ2n) is 5.08. The quantitative estimate of drug-likeness (QED) is 0.633. The third-order valence-corrected chi connectivity index (χ3v) is 4.27. The number of furan rings is 1. The predicted molar refractivity (Wildman–Crippen MR) is 97.2 cm³/mol. The number of aliphatic hydroxyl groups is 1. The second kappa shape index (κ2) is 7.21. The van der Waals surface area contributed by atoms with Gasteiger partial charge in [0.05, 0.1) is 5.02 Å². The summed E-state index contributed by atoms with van der Waals surface area (Å²) in [6.07, 6.45) is 0. The molecule has 0 atom stereocenters. The van der Waals surface area contributed by atoms with E-state index in [2.05, 4.69) is 21.2 Å². The lowest BCUT2D eigenvalue weighted by Crippen LogP contribution is -2.11. The zero-order valence-electron chi connectivity index (χ0n) is 12.4. The number of carbonyl (C=O) groups is 1. The van der Waals surface area contributed by atoms with Crippen LogP contribution in [0, 0.1) is 0 Å². The van der Waals surface area contributed by atoms with Crippen molar-refractivity contribution in [2.45, 2.75) is 6.61 Å². The van der Waals surface area contributed by atoms with Gasteiger partial charge in [-0.05, 0) is 54.6 Å². The van der Waals surface area contributed by atoms with Gasteiger partial charge in [0.15, 0.2) is 0 Å². The van der Waals surface area contributed by atoms with Crippen LogP contribution < -0.4 is 5.32 Å². The van der Waals surface area contributed by atoms with Gasteiger partial charge < -0.3 is 14.8 Å². The molecule has 1 heterocycles. The number of nitrogens with one attached hydrogen (secondary N) is 1. The topological polar surface area (TPSA) is 62.5 Å². The summed E-state index contributed by atoms with van der Waals surface area (Å²) >= 11 is 9.55. The number of amides is 1. The molecule has 0 radical (unpaired) electrons. The number of hydrogen-bond donors (Lipinski definition) is 2. The first-order chi connectivity index (χ1) is 11.6. The van der Waals surface area contributed by atoms with Gasteiger partial charge in [-0.2, -0.15) is 0 Å². The summed E-state index contributed by atoms with van der Waals surface area (Å²) in [7, 11) is 0. The average molecular weight is 407 g/mol. The Morgan fingerprint density at radius 1 is 1.12 bits per heavy atom. The fourth-order valence-corrected chi connectivity index (χ4v) is 2.68. The minimum Gasteiger partial charge on any atom is -0.459 e. The Bertz CT molecular complexity index is 874. The van der Waals surface area contributed by atoms with Gasteiger partial charge in [-0.15, -0.1) is 0 Å². The van der Waals surface area contributed by atoms with E-state index in [1.165, 1.54) is 0 Å². The lowest BCUT2D eigenvalue weighted by molar-refractivity contribution is 0.102. The first kappa shape index (κ1) is 16.8. The van der Waals surface area contributed by atoms with E-state index in [0.717, 1.165) is 4.47 Å². The van der Waals surface area contributed by atoms with Crippen molar-refractivity contribution in [2.75, 3.05) is 5.32 Å². The number of anilines is 1. The summed E-state index contributed by atoms with van der Waals surface area (Å²) in [6.45, 7) is -0.183. The van der Waals surface area contributed by atoms with Gasteiger partial charge in [0.25, 0.3) is 5.91 Å². The van der Waals surface area contributed by atoms with Crippen LogP contribution in [0.3, 0.4) is 0 Å². The molecule has 3 aromatic rings. The van der Waals surface area contributed by atoms with Crippen LogP contribution >= 0.6 is 27.5 Å². The van der Waals surface area contributed by atoms with Gasteiger partial charge in [0.2, 0.25) is 0 Å². The summed E-state index contributed by atoms with van der Waals surface area (Å²) in [4.78, 5) is 12.3. The highest BCUT2D eigenvalue weighted by molar-refractivity contribution is 9.10. The van der Waals surface area contributed by atoms with Crippen molar-refractivity contribution in [1.29, 1.82) is 0 Å². The Hall–Kier alpha value is -2.08. The normalized spacial score (nSPS) is 10.6. The van der Waals surface area contributed by atoms with Crippen LogP contribution in [0.25, 0.3) is 11.3 Å². The van der Waals surface area contributed by atoms with Crippen LogP contribution in [0.2, 0.25) is 5.02 Å². The first-order valence-corrected chi connectivity index (χ1v) is 8.30. The largest absolute Gasteiger partial charge is 0.459 e. The second-order valence-corrected chi connectivity index (χ2v) is 6.40. The Morgan fingerprint density at radius 2 is 1.88 bits per heavy atom. The smallest absolute Gasteiger partial charge is 0.255 e. The minimum absolute atomic E-state index is 0.183. The maximum Gasteiger partial charge on any atom is 0.255 e. The monoisotopic (exact) mass is 405 g/mol. The average Bonchev–Trinajstić information content (AvgIpc) is 3.06. The summed E-state index contributed by atoms with van der Waals surface area (Å²) in [5, 5.41) is 12.4. The van der Waals surface area contributed by atoms with Crippen molar-refractivity contribution in [3.63, 3.8) is 0 Å². The Balaban J connectivity index is 1.85. The SMILES string of the molecule is O=C(Nc1ccc(Cl)c(-c2ccc(CO)o2)c1)c1ccc(Br)cc1. The summed E-state index contributed by atoms with van der Waals surface area (Å²) in [5.74, 6) is 0.764. The molecule has 0 saturated carbocycles. The molecule has 0 bridgehead atoms. The first-order valence-electron chi connectivity index (χ1n) is 7.13. The van der Waals surface area contributed by atoms with E-state index in [1.807, 2.05) is 12.1 Å². The van der Waals surface area contributed by atoms with Crippen LogP contribution in [0.15, 0.2) is 63.5 Å². The molecule has 1 aromatic heterocycles. The molecule has 0 spiro atoms. The van der Waals surface area contributed by atoms with E-state index in [4.69, 9.17) is 21.1 Å². The summed E-state index contributed by atoms with van der Waals surface area (Å²) in [5.41, 5.74) is 1.80. The zero-order valence-corrected chi connectivity index (χ0v) is 14.8. The van der Waals surface area contributed by atoms with Gasteiger partial charge in [-0.1, -0.05) is 27.5 Å². The summed E-state index contributed by atoms with van der Waals surface area (Å²) in [6, 6.07) is 15.6. The number of hydrogen-bond acceptors (Lipinski definition) is 3. The number of halogens is 2. The predicted octanol–water partition coefficient (Wildman–Crippen LogP) is 5.11. The molecule has 0 aliphatic heterocycles. The molecule has 2 N–H and O–H groups in total. The van der Waals surface area contributed by atoms with Gasteiger partial charge in [0, 0.05) is 21.3 Å². The zero-order chi connectivity index (χ0) is 17.1. The van der Waals surface area contributed by atoms with Crippen molar-refractivity contribution in [2.24, 2.45) is 0 Å². The van der Waals surface area contributed by atoms with Crippen LogP contribution in [0.1, 0.15) is 16.1 Å². The van der Waals surface area contributed by atoms with Crippen LogP contribution in [0.5, 0.6) is 0 Å². The van der Waals surface area contributed by atoms with E-state index in [-0.39, 0.29) is 12.5 Å². The standard InChI is InChI=1S/C18H13BrClNO3/c19-12-3-1-11(2-4-12)18(23)21-13-5-7-16(20)15(9-13)17-8-6-14(10-22)24-17/h1-9,22H,10H2,(H,21,23). The van der Waals surface area contributed by atoms with Crippen LogP contribution in [-0.4, -0.2) is 11.0 Å².